The highest BCUT2D eigenvalue weighted by Gasteiger charge is 2.51. The summed E-state index contributed by atoms with van der Waals surface area (Å²) in [5.41, 5.74) is 6.33. The number of anilines is 1. The molecule has 3 aliphatic rings. The van der Waals surface area contributed by atoms with Gasteiger partial charge in [0.1, 0.15) is 36.3 Å². The van der Waals surface area contributed by atoms with Crippen LogP contribution in [0.4, 0.5) is 18.9 Å². The van der Waals surface area contributed by atoms with E-state index in [4.69, 9.17) is 19.9 Å². The van der Waals surface area contributed by atoms with Crippen LogP contribution in [0.3, 0.4) is 0 Å². The first-order valence-corrected chi connectivity index (χ1v) is 17.1. The Balaban J connectivity index is 1.02. The number of alkyl halides is 3. The number of benzene rings is 2. The molecule has 6 rings (SSSR count). The van der Waals surface area contributed by atoms with Gasteiger partial charge in [0.25, 0.3) is 11.5 Å². The van der Waals surface area contributed by atoms with Crippen LogP contribution >= 0.6 is 0 Å². The highest BCUT2D eigenvalue weighted by molar-refractivity contribution is 5.91. The molecule has 8 atom stereocenters. The summed E-state index contributed by atoms with van der Waals surface area (Å²) >= 11 is 0. The summed E-state index contributed by atoms with van der Waals surface area (Å²) < 4.78 is 58.7. The number of piperidine rings is 1. The third-order valence-corrected chi connectivity index (χ3v) is 9.51. The SMILES string of the molecule is NC(=O)C(O[C@H]1OC(C(=O)NCc2ccc(N3CCC(c4ccc(OC(F)(F)F)cc4)CC3)cc2)=C[C@H](O)[C@@H]1O)[C@H]1O[C@@H](n2ccc(=O)[nH]c2=O)C(O)C1O. The average Bonchev–Trinajstić information content (AvgIpc) is 3.43. The second-order valence-corrected chi connectivity index (χ2v) is 13.2. The third-order valence-electron chi connectivity index (χ3n) is 9.51. The van der Waals surface area contributed by atoms with Gasteiger partial charge in [0.2, 0.25) is 12.2 Å². The predicted octanol–water partition coefficient (Wildman–Crippen LogP) is -0.413. The largest absolute Gasteiger partial charge is 0.573 e. The Morgan fingerprint density at radius 3 is 2.25 bits per heavy atom. The monoisotopic (exact) mass is 777 g/mol. The Morgan fingerprint density at radius 2 is 1.64 bits per heavy atom. The number of aromatic nitrogens is 2. The smallest absolute Gasteiger partial charge is 0.456 e. The maximum Gasteiger partial charge on any atom is 0.573 e. The summed E-state index contributed by atoms with van der Waals surface area (Å²) in [5, 5.41) is 45.0. The number of carbonyl (C=O) groups excluding carboxylic acids is 2. The lowest BCUT2D eigenvalue weighted by Crippen LogP contribution is -2.53. The van der Waals surface area contributed by atoms with Gasteiger partial charge in [0.15, 0.2) is 18.1 Å². The van der Waals surface area contributed by atoms with Crippen molar-refractivity contribution in [3.05, 3.63) is 105 Å². The highest BCUT2D eigenvalue weighted by atomic mass is 19.4. The molecular weight excluding hydrogens is 739 g/mol. The van der Waals surface area contributed by atoms with Crippen molar-refractivity contribution >= 4 is 17.5 Å². The van der Waals surface area contributed by atoms with Crippen LogP contribution in [0.2, 0.25) is 0 Å². The molecule has 4 heterocycles. The predicted molar refractivity (Wildman–Crippen MR) is 182 cm³/mol. The van der Waals surface area contributed by atoms with Crippen molar-refractivity contribution < 1.29 is 62.1 Å². The molecule has 20 heteroatoms. The number of primary amides is 1. The van der Waals surface area contributed by atoms with Gasteiger partial charge < -0.3 is 55.3 Å². The quantitative estimate of drug-likeness (QED) is 0.131. The Hall–Kier alpha value is -5.25. The minimum atomic E-state index is -4.75. The molecule has 0 aliphatic carbocycles. The standard InChI is InChI=1S/C35H38F3N5O12/c36-35(37,38)55-21-7-3-18(4-8-21)19-9-12-42(13-10-19)20-5-1-17(2-6-20)16-40-31(50)23-15-22(44)25(46)33(52-23)54-29(30(39)49)28-26(47)27(48)32(53-28)43-14-11-24(45)41-34(43)51/h1-8,11,14-15,19,22,25-29,32-33,44,46-48H,9-10,12-13,16H2,(H2,39,49)(H,40,50)(H,41,45,51)/t22-,25-,26?,27?,28-,29?,32+,33+/m0/s1. The van der Waals surface area contributed by atoms with Gasteiger partial charge in [-0.05, 0) is 60.2 Å². The molecule has 0 saturated carbocycles. The van der Waals surface area contributed by atoms with Gasteiger partial charge in [-0.1, -0.05) is 24.3 Å². The van der Waals surface area contributed by atoms with Crippen LogP contribution in [-0.4, -0.2) is 104 Å². The molecule has 3 aromatic rings. The van der Waals surface area contributed by atoms with E-state index in [9.17, 15) is 52.8 Å². The topological polar surface area (TPSA) is 248 Å². The van der Waals surface area contributed by atoms with Gasteiger partial charge in [-0.3, -0.25) is 23.9 Å². The van der Waals surface area contributed by atoms with Crippen molar-refractivity contribution in [2.45, 2.75) is 80.8 Å². The highest BCUT2D eigenvalue weighted by Crippen LogP contribution is 2.34. The summed E-state index contributed by atoms with van der Waals surface area (Å²) in [7, 11) is 0. The van der Waals surface area contributed by atoms with Crippen LogP contribution in [0.5, 0.6) is 5.75 Å². The molecule has 3 unspecified atom stereocenters. The minimum Gasteiger partial charge on any atom is -0.456 e. The van der Waals surface area contributed by atoms with Crippen molar-refractivity contribution in [2.75, 3.05) is 18.0 Å². The van der Waals surface area contributed by atoms with Crippen LogP contribution in [0.25, 0.3) is 0 Å². The normalized spacial score (nSPS) is 26.5. The van der Waals surface area contributed by atoms with E-state index in [1.165, 1.54) is 12.1 Å². The fourth-order valence-corrected chi connectivity index (χ4v) is 6.64. The van der Waals surface area contributed by atoms with Crippen LogP contribution in [0, 0.1) is 0 Å². The molecule has 3 aliphatic heterocycles. The van der Waals surface area contributed by atoms with Crippen molar-refractivity contribution in [3.8, 4) is 5.75 Å². The third kappa shape index (κ3) is 9.18. The zero-order chi connectivity index (χ0) is 39.6. The number of ether oxygens (including phenoxy) is 4. The second kappa shape index (κ2) is 16.2. The molecule has 296 valence electrons. The van der Waals surface area contributed by atoms with E-state index in [0.717, 1.165) is 47.0 Å². The first-order chi connectivity index (χ1) is 26.1. The molecule has 2 aromatic carbocycles. The van der Waals surface area contributed by atoms with Crippen LogP contribution in [-0.2, 0) is 30.3 Å². The number of H-pyrrole nitrogens is 1. The van der Waals surface area contributed by atoms with Gasteiger partial charge in [-0.2, -0.15) is 0 Å². The van der Waals surface area contributed by atoms with Crippen LogP contribution in [0.15, 0.2) is 82.2 Å². The van der Waals surface area contributed by atoms with E-state index < -0.39 is 84.3 Å². The second-order valence-electron chi connectivity index (χ2n) is 13.2. The summed E-state index contributed by atoms with van der Waals surface area (Å²) in [5.74, 6) is -2.63. The number of rotatable bonds is 11. The number of aliphatic hydroxyl groups is 4. The molecule has 8 N–H and O–H groups in total. The fourth-order valence-electron chi connectivity index (χ4n) is 6.64. The number of halogens is 3. The molecule has 2 saturated heterocycles. The number of aromatic amines is 1. The van der Waals surface area contributed by atoms with Crippen LogP contribution < -0.4 is 31.9 Å². The molecule has 0 spiro atoms. The summed E-state index contributed by atoms with van der Waals surface area (Å²) in [4.78, 5) is 53.4. The van der Waals surface area contributed by atoms with E-state index in [2.05, 4.69) is 15.0 Å². The summed E-state index contributed by atoms with van der Waals surface area (Å²) in [6.45, 7) is 1.45. The van der Waals surface area contributed by atoms with Gasteiger partial charge >= 0.3 is 12.1 Å². The van der Waals surface area contributed by atoms with Crippen molar-refractivity contribution in [1.82, 2.24) is 14.9 Å². The molecule has 2 amide bonds. The average molecular weight is 778 g/mol. The molecule has 0 radical (unpaired) electrons. The first-order valence-electron chi connectivity index (χ1n) is 17.1. The van der Waals surface area contributed by atoms with E-state index in [-0.39, 0.29) is 18.2 Å². The lowest BCUT2D eigenvalue weighted by Gasteiger charge is -2.34. The van der Waals surface area contributed by atoms with Gasteiger partial charge in [0.05, 0.1) is 0 Å². The summed E-state index contributed by atoms with van der Waals surface area (Å²) in [6, 6.07) is 14.2. The molecule has 2 fully saturated rings. The minimum absolute atomic E-state index is 0.0233. The maximum absolute atomic E-state index is 13.1. The Labute approximate surface area is 309 Å². The van der Waals surface area contributed by atoms with Gasteiger partial charge in [-0.15, -0.1) is 13.2 Å². The molecule has 0 bridgehead atoms. The Kier molecular flexibility index (Phi) is 11.6. The number of hydrogen-bond acceptors (Lipinski definition) is 13. The zero-order valence-electron chi connectivity index (χ0n) is 28.7. The van der Waals surface area contributed by atoms with Crippen molar-refractivity contribution in [3.63, 3.8) is 0 Å². The fraction of sp³-hybridized carbons (Fsp3) is 0.429. The van der Waals surface area contributed by atoms with Gasteiger partial charge in [0, 0.05) is 37.6 Å². The zero-order valence-corrected chi connectivity index (χ0v) is 28.7. The molecular formula is C35H38F3N5O12. The number of carbonyl (C=O) groups is 2. The van der Waals surface area contributed by atoms with Gasteiger partial charge in [-0.25, -0.2) is 4.79 Å². The lowest BCUT2D eigenvalue weighted by molar-refractivity contribution is -0.274. The van der Waals surface area contributed by atoms with Crippen molar-refractivity contribution in [2.24, 2.45) is 5.73 Å². The number of aliphatic hydroxyl groups excluding tert-OH is 4. The molecule has 17 nitrogen and oxygen atoms in total. The molecule has 1 aromatic heterocycles. The Morgan fingerprint density at radius 1 is 0.964 bits per heavy atom. The number of nitrogens with two attached hydrogens (primary N) is 1. The maximum atomic E-state index is 13.1. The number of nitrogens with one attached hydrogen (secondary N) is 2. The van der Waals surface area contributed by atoms with E-state index in [1.54, 1.807) is 24.3 Å². The number of amides is 2. The van der Waals surface area contributed by atoms with E-state index >= 15 is 0 Å². The van der Waals surface area contributed by atoms with Crippen LogP contribution in [0.1, 0.15) is 36.1 Å². The number of nitrogens with zero attached hydrogens (tertiary/aromatic N) is 2. The van der Waals surface area contributed by atoms with E-state index in [0.29, 0.717) is 18.7 Å². The van der Waals surface area contributed by atoms with E-state index in [1.807, 2.05) is 17.1 Å². The summed E-state index contributed by atoms with van der Waals surface area (Å²) in [6.07, 6.45) is -15.7. The Bertz CT molecular complexity index is 1980. The number of hydrogen-bond donors (Lipinski definition) is 7. The molecule has 55 heavy (non-hydrogen) atoms. The first kappa shape index (κ1) is 39.4. The lowest BCUT2D eigenvalue weighted by atomic mass is 9.89. The van der Waals surface area contributed by atoms with Crippen molar-refractivity contribution in [1.29, 1.82) is 0 Å².